The maximum Gasteiger partial charge on any atom is 0.322 e. The summed E-state index contributed by atoms with van der Waals surface area (Å²) in [5.41, 5.74) is 1.15. The van der Waals surface area contributed by atoms with E-state index in [0.717, 1.165) is 9.90 Å². The van der Waals surface area contributed by atoms with Crippen molar-refractivity contribution in [2.24, 2.45) is 0 Å². The first-order valence-corrected chi connectivity index (χ1v) is 8.47. The van der Waals surface area contributed by atoms with E-state index in [1.54, 1.807) is 23.9 Å². The summed E-state index contributed by atoms with van der Waals surface area (Å²) >= 11 is 3.07. The fourth-order valence-corrected chi connectivity index (χ4v) is 2.82. The summed E-state index contributed by atoms with van der Waals surface area (Å²) in [7, 11) is 0. The summed E-state index contributed by atoms with van der Waals surface area (Å²) < 4.78 is 5.42. The lowest BCUT2D eigenvalue weighted by Crippen LogP contribution is -2.12. The van der Waals surface area contributed by atoms with Crippen molar-refractivity contribution in [2.75, 3.05) is 11.6 Å². The van der Waals surface area contributed by atoms with E-state index in [-0.39, 0.29) is 17.8 Å². The zero-order valence-corrected chi connectivity index (χ0v) is 13.5. The molecule has 1 amide bonds. The topological polar surface area (TPSA) is 80.9 Å². The molecule has 0 aliphatic carbocycles. The maximum absolute atomic E-state index is 12.2. The maximum atomic E-state index is 12.2. The van der Waals surface area contributed by atoms with Gasteiger partial charge in [-0.1, -0.05) is 11.2 Å². The molecule has 0 bridgehead atoms. The van der Waals surface area contributed by atoms with E-state index in [2.05, 4.69) is 20.5 Å². The minimum absolute atomic E-state index is 0.0557. The predicted octanol–water partition coefficient (Wildman–Crippen LogP) is 3.48. The number of nitrogens with zero attached hydrogens (tertiary/aromatic N) is 3. The molecule has 0 aliphatic rings. The van der Waals surface area contributed by atoms with Gasteiger partial charge >= 0.3 is 6.01 Å². The number of thioether (sulfide) groups is 1. The van der Waals surface area contributed by atoms with Crippen LogP contribution in [0.25, 0.3) is 11.6 Å². The van der Waals surface area contributed by atoms with Crippen molar-refractivity contribution in [2.45, 2.75) is 11.8 Å². The van der Waals surface area contributed by atoms with Crippen molar-refractivity contribution in [1.29, 1.82) is 0 Å². The van der Waals surface area contributed by atoms with Gasteiger partial charge in [-0.3, -0.25) is 10.1 Å². The van der Waals surface area contributed by atoms with Gasteiger partial charge < -0.3 is 4.42 Å². The number of hydrogen-bond acceptors (Lipinski definition) is 7. The van der Waals surface area contributed by atoms with Crippen molar-refractivity contribution in [3.05, 3.63) is 40.2 Å². The monoisotopic (exact) mass is 332 g/mol. The third-order valence-electron chi connectivity index (χ3n) is 2.82. The number of aryl methyl sites for hydroxylation is 1. The quantitative estimate of drug-likeness (QED) is 0.737. The van der Waals surface area contributed by atoms with Gasteiger partial charge in [-0.2, -0.15) is 0 Å². The number of amides is 1. The molecule has 112 valence electrons. The Kier molecular flexibility index (Phi) is 4.21. The molecule has 0 aliphatic heterocycles. The van der Waals surface area contributed by atoms with Crippen LogP contribution in [-0.2, 0) is 0 Å². The molecule has 0 radical (unpaired) electrons. The van der Waals surface area contributed by atoms with Crippen molar-refractivity contribution < 1.29 is 9.21 Å². The number of carbonyl (C=O) groups excluding carboxylic acids is 1. The Hall–Kier alpha value is -2.19. The normalized spacial score (nSPS) is 10.6. The molecular weight excluding hydrogens is 320 g/mol. The zero-order valence-electron chi connectivity index (χ0n) is 11.9. The third kappa shape index (κ3) is 3.18. The smallest absolute Gasteiger partial charge is 0.322 e. The van der Waals surface area contributed by atoms with E-state index in [9.17, 15) is 4.79 Å². The largest absolute Gasteiger partial charge is 0.401 e. The Morgan fingerprint density at radius 2 is 2.23 bits per heavy atom. The van der Waals surface area contributed by atoms with Crippen LogP contribution in [0.2, 0.25) is 0 Å². The fraction of sp³-hybridized carbons (Fsp3) is 0.143. The van der Waals surface area contributed by atoms with Crippen LogP contribution in [0.3, 0.4) is 0 Å². The first-order chi connectivity index (χ1) is 10.7. The molecule has 0 spiro atoms. The second kappa shape index (κ2) is 6.29. The molecule has 0 unspecified atom stereocenters. The molecule has 6 nitrogen and oxygen atoms in total. The number of anilines is 1. The van der Waals surface area contributed by atoms with Gasteiger partial charge in [-0.15, -0.1) is 28.2 Å². The van der Waals surface area contributed by atoms with Gasteiger partial charge in [0.15, 0.2) is 0 Å². The van der Waals surface area contributed by atoms with Gasteiger partial charge in [-0.05, 0) is 31.4 Å². The highest BCUT2D eigenvalue weighted by Crippen LogP contribution is 2.22. The highest BCUT2D eigenvalue weighted by atomic mass is 32.2. The molecule has 0 saturated carbocycles. The van der Waals surface area contributed by atoms with Gasteiger partial charge in [0.25, 0.3) is 11.8 Å². The van der Waals surface area contributed by atoms with Gasteiger partial charge in [0.1, 0.15) is 5.69 Å². The molecule has 22 heavy (non-hydrogen) atoms. The molecule has 3 rings (SSSR count). The number of benzene rings is 1. The number of aromatic nitrogens is 3. The summed E-state index contributed by atoms with van der Waals surface area (Å²) in [6, 6.07) is 7.37. The van der Waals surface area contributed by atoms with E-state index in [4.69, 9.17) is 4.42 Å². The van der Waals surface area contributed by atoms with Gasteiger partial charge in [0, 0.05) is 15.8 Å². The number of thiazole rings is 1. The lowest BCUT2D eigenvalue weighted by molar-refractivity contribution is 0.102. The molecule has 0 saturated heterocycles. The van der Waals surface area contributed by atoms with Gasteiger partial charge in [-0.25, -0.2) is 4.98 Å². The predicted molar refractivity (Wildman–Crippen MR) is 86.3 cm³/mol. The Morgan fingerprint density at radius 1 is 1.36 bits per heavy atom. The van der Waals surface area contributed by atoms with Crippen molar-refractivity contribution in [1.82, 2.24) is 15.2 Å². The highest BCUT2D eigenvalue weighted by Gasteiger charge is 2.14. The number of nitrogens with one attached hydrogen (secondary N) is 1. The van der Waals surface area contributed by atoms with Crippen molar-refractivity contribution >= 4 is 35.0 Å². The van der Waals surface area contributed by atoms with Crippen LogP contribution in [0.1, 0.15) is 15.4 Å². The summed E-state index contributed by atoms with van der Waals surface area (Å²) in [6.45, 7) is 1.89. The second-order valence-corrected chi connectivity index (χ2v) is 6.29. The Bertz CT molecular complexity index is 813. The van der Waals surface area contributed by atoms with Crippen molar-refractivity contribution in [3.63, 3.8) is 0 Å². The molecule has 0 atom stereocenters. The molecule has 1 aromatic carbocycles. The van der Waals surface area contributed by atoms with Crippen LogP contribution < -0.4 is 5.32 Å². The zero-order chi connectivity index (χ0) is 15.5. The lowest BCUT2D eigenvalue weighted by Gasteiger charge is -2.02. The van der Waals surface area contributed by atoms with Crippen LogP contribution >= 0.6 is 23.1 Å². The van der Waals surface area contributed by atoms with Crippen LogP contribution in [0, 0.1) is 6.92 Å². The van der Waals surface area contributed by atoms with Gasteiger partial charge in [0.05, 0.1) is 5.01 Å². The van der Waals surface area contributed by atoms with E-state index < -0.39 is 0 Å². The average Bonchev–Trinajstić information content (AvgIpc) is 3.16. The SMILES string of the molecule is CSc1cccc(C(=O)Nc2nnc(-c3csc(C)n3)o2)c1. The Balaban J connectivity index is 1.75. The summed E-state index contributed by atoms with van der Waals surface area (Å²) in [5.74, 6) is -0.00178. The van der Waals surface area contributed by atoms with Crippen molar-refractivity contribution in [3.8, 4) is 11.6 Å². The Morgan fingerprint density at radius 3 is 2.95 bits per heavy atom. The van der Waals surface area contributed by atoms with E-state index in [1.165, 1.54) is 11.3 Å². The standard InChI is InChI=1S/C14H12N4O2S2/c1-8-15-11(7-22-8)13-17-18-14(20-13)16-12(19)9-4-3-5-10(6-9)21-2/h3-7H,1-2H3,(H,16,18,19). The number of hydrogen-bond donors (Lipinski definition) is 1. The molecule has 3 aromatic rings. The fourth-order valence-electron chi connectivity index (χ4n) is 1.77. The van der Waals surface area contributed by atoms with Crippen LogP contribution in [0.15, 0.2) is 39.0 Å². The first-order valence-electron chi connectivity index (χ1n) is 6.37. The van der Waals surface area contributed by atoms with E-state index >= 15 is 0 Å². The van der Waals surface area contributed by atoms with Gasteiger partial charge in [0.2, 0.25) is 0 Å². The van der Waals surface area contributed by atoms with E-state index in [1.807, 2.05) is 30.7 Å². The second-order valence-electron chi connectivity index (χ2n) is 4.35. The summed E-state index contributed by atoms with van der Waals surface area (Å²) in [5, 5.41) is 13.0. The number of rotatable bonds is 4. The van der Waals surface area contributed by atoms with Crippen LogP contribution in [0.5, 0.6) is 0 Å². The van der Waals surface area contributed by atoms with Crippen LogP contribution in [-0.4, -0.2) is 27.3 Å². The minimum atomic E-state index is -0.291. The average molecular weight is 332 g/mol. The molecule has 8 heteroatoms. The minimum Gasteiger partial charge on any atom is -0.401 e. The Labute approximate surface area is 135 Å². The molecule has 1 N–H and O–H groups in total. The molecule has 2 heterocycles. The molecular formula is C14H12N4O2S2. The molecule has 0 fully saturated rings. The first kappa shape index (κ1) is 14.7. The molecule has 2 aromatic heterocycles. The van der Waals surface area contributed by atoms with E-state index in [0.29, 0.717) is 11.3 Å². The highest BCUT2D eigenvalue weighted by molar-refractivity contribution is 7.98. The van der Waals surface area contributed by atoms with Crippen LogP contribution in [0.4, 0.5) is 6.01 Å². The summed E-state index contributed by atoms with van der Waals surface area (Å²) in [4.78, 5) is 17.4. The lowest BCUT2D eigenvalue weighted by atomic mass is 10.2. The number of carbonyl (C=O) groups is 1. The third-order valence-corrected chi connectivity index (χ3v) is 4.31. The summed E-state index contributed by atoms with van der Waals surface area (Å²) in [6.07, 6.45) is 1.96.